The fourth-order valence-electron chi connectivity index (χ4n) is 3.65. The molecular formula is C20H26N6. The molecule has 4 rings (SSSR count). The second kappa shape index (κ2) is 6.67. The van der Waals surface area contributed by atoms with Crippen molar-refractivity contribution >= 4 is 18.0 Å². The van der Waals surface area contributed by atoms with Crippen molar-refractivity contribution < 1.29 is 0 Å². The van der Waals surface area contributed by atoms with Gasteiger partial charge in [0.25, 0.3) is 0 Å². The van der Waals surface area contributed by atoms with E-state index in [1.807, 2.05) is 18.2 Å². The Labute approximate surface area is 154 Å². The predicted molar refractivity (Wildman–Crippen MR) is 104 cm³/mol. The van der Waals surface area contributed by atoms with Gasteiger partial charge in [0.15, 0.2) is 5.82 Å². The summed E-state index contributed by atoms with van der Waals surface area (Å²) in [6, 6.07) is 6.54. The summed E-state index contributed by atoms with van der Waals surface area (Å²) in [4.78, 5) is 20.5. The Balaban J connectivity index is 1.73. The lowest BCUT2D eigenvalue weighted by atomic mass is 10.1. The summed E-state index contributed by atoms with van der Waals surface area (Å²) < 4.78 is 0. The molecule has 0 saturated heterocycles. The quantitative estimate of drug-likeness (QED) is 0.822. The summed E-state index contributed by atoms with van der Waals surface area (Å²) in [6.45, 7) is 8.35. The van der Waals surface area contributed by atoms with Gasteiger partial charge in [0.1, 0.15) is 5.69 Å². The van der Waals surface area contributed by atoms with Crippen LogP contribution in [0, 0.1) is 11.8 Å². The second-order valence-electron chi connectivity index (χ2n) is 7.53. The third-order valence-electron chi connectivity index (χ3n) is 5.57. The molecule has 0 bridgehead atoms. The molecule has 0 spiro atoms. The van der Waals surface area contributed by atoms with Gasteiger partial charge < -0.3 is 10.6 Å². The van der Waals surface area contributed by atoms with Gasteiger partial charge in [-0.05, 0) is 69.6 Å². The number of anilines is 2. The molecule has 26 heavy (non-hydrogen) atoms. The smallest absolute Gasteiger partial charge is 0.231 e. The van der Waals surface area contributed by atoms with E-state index in [4.69, 9.17) is 10.7 Å². The zero-order chi connectivity index (χ0) is 18.3. The minimum atomic E-state index is 0.242. The van der Waals surface area contributed by atoms with Crippen LogP contribution in [0.1, 0.15) is 45.2 Å². The van der Waals surface area contributed by atoms with Gasteiger partial charge in [-0.2, -0.15) is 15.0 Å². The molecule has 2 fully saturated rings. The fourth-order valence-corrected chi connectivity index (χ4v) is 3.65. The maximum atomic E-state index is 6.05. The van der Waals surface area contributed by atoms with Gasteiger partial charge in [-0.1, -0.05) is 12.6 Å². The van der Waals surface area contributed by atoms with E-state index >= 15 is 0 Å². The van der Waals surface area contributed by atoms with E-state index in [0.717, 1.165) is 17.5 Å². The highest BCUT2D eigenvalue weighted by atomic mass is 15.3. The van der Waals surface area contributed by atoms with Gasteiger partial charge in [-0.15, -0.1) is 0 Å². The van der Waals surface area contributed by atoms with Crippen LogP contribution in [-0.4, -0.2) is 32.0 Å². The van der Waals surface area contributed by atoms with Crippen molar-refractivity contribution in [3.8, 4) is 11.5 Å². The monoisotopic (exact) mass is 350 g/mol. The molecule has 136 valence electrons. The normalized spacial score (nSPS) is 19.0. The van der Waals surface area contributed by atoms with E-state index in [2.05, 4.69) is 40.3 Å². The summed E-state index contributed by atoms with van der Waals surface area (Å²) in [5, 5.41) is 0. The molecule has 2 aliphatic carbocycles. The van der Waals surface area contributed by atoms with Gasteiger partial charge in [0, 0.05) is 12.1 Å². The minimum absolute atomic E-state index is 0.242. The molecule has 2 aromatic rings. The van der Waals surface area contributed by atoms with Crippen LogP contribution >= 0.6 is 0 Å². The van der Waals surface area contributed by atoms with E-state index in [0.29, 0.717) is 29.6 Å². The van der Waals surface area contributed by atoms with E-state index in [1.54, 1.807) is 6.08 Å². The molecule has 2 aliphatic rings. The van der Waals surface area contributed by atoms with Crippen LogP contribution in [0.25, 0.3) is 17.6 Å². The van der Waals surface area contributed by atoms with Gasteiger partial charge in [0.2, 0.25) is 11.9 Å². The van der Waals surface area contributed by atoms with E-state index in [1.165, 1.54) is 25.7 Å². The molecule has 6 nitrogen and oxygen atoms in total. The van der Waals surface area contributed by atoms with E-state index in [9.17, 15) is 0 Å². The Kier molecular flexibility index (Phi) is 4.34. The molecule has 0 unspecified atom stereocenters. The third-order valence-corrected chi connectivity index (χ3v) is 5.57. The van der Waals surface area contributed by atoms with Gasteiger partial charge >= 0.3 is 0 Å². The number of pyridine rings is 1. The molecule has 0 amide bonds. The number of nitrogen functional groups attached to an aromatic ring is 1. The van der Waals surface area contributed by atoms with Crippen molar-refractivity contribution in [2.75, 3.05) is 10.6 Å². The maximum absolute atomic E-state index is 6.05. The van der Waals surface area contributed by atoms with Crippen molar-refractivity contribution in [1.82, 2.24) is 19.9 Å². The summed E-state index contributed by atoms with van der Waals surface area (Å²) in [7, 11) is 0. The van der Waals surface area contributed by atoms with Crippen molar-refractivity contribution in [1.29, 1.82) is 0 Å². The highest BCUT2D eigenvalue weighted by molar-refractivity contribution is 5.56. The van der Waals surface area contributed by atoms with Crippen LogP contribution in [0.4, 0.5) is 11.9 Å². The fraction of sp³-hybridized carbons (Fsp3) is 0.500. The molecule has 2 aromatic heterocycles. The number of rotatable bonds is 7. The number of hydrogen-bond acceptors (Lipinski definition) is 6. The average molecular weight is 350 g/mol. The average Bonchev–Trinajstić information content (AvgIpc) is 3.53. The first-order chi connectivity index (χ1) is 12.6. The highest BCUT2D eigenvalue weighted by Crippen LogP contribution is 2.42. The number of nitrogens with two attached hydrogens (primary N) is 1. The minimum Gasteiger partial charge on any atom is -0.368 e. The first-order valence-electron chi connectivity index (χ1n) is 9.46. The SMILES string of the molecule is C=Cc1cccc(-c2nc(N)nc(N([C@H](C)C3CC3)[C@H](C)C3CC3)n2)n1. The molecule has 6 heteroatoms. The summed E-state index contributed by atoms with van der Waals surface area (Å²) in [5.41, 5.74) is 7.53. The van der Waals surface area contributed by atoms with Crippen LogP contribution in [0.15, 0.2) is 24.8 Å². The van der Waals surface area contributed by atoms with Crippen molar-refractivity contribution in [2.45, 2.75) is 51.6 Å². The zero-order valence-electron chi connectivity index (χ0n) is 15.5. The second-order valence-corrected chi connectivity index (χ2v) is 7.53. The summed E-state index contributed by atoms with van der Waals surface area (Å²) >= 11 is 0. The Hall–Kier alpha value is -2.50. The molecule has 2 saturated carbocycles. The van der Waals surface area contributed by atoms with Gasteiger partial charge in [0.05, 0.1) is 5.69 Å². The lowest BCUT2D eigenvalue weighted by molar-refractivity contribution is 0.467. The molecular weight excluding hydrogens is 324 g/mol. The number of nitrogens with zero attached hydrogens (tertiary/aromatic N) is 5. The third kappa shape index (κ3) is 3.41. The van der Waals surface area contributed by atoms with Gasteiger partial charge in [-0.25, -0.2) is 4.98 Å². The molecule has 0 radical (unpaired) electrons. The largest absolute Gasteiger partial charge is 0.368 e. The van der Waals surface area contributed by atoms with Crippen molar-refractivity contribution in [2.24, 2.45) is 11.8 Å². The van der Waals surface area contributed by atoms with Crippen LogP contribution in [0.5, 0.6) is 0 Å². The van der Waals surface area contributed by atoms with Crippen molar-refractivity contribution in [3.63, 3.8) is 0 Å². The predicted octanol–water partition coefficient (Wildman–Crippen LogP) is 3.56. The van der Waals surface area contributed by atoms with Crippen LogP contribution in [0.3, 0.4) is 0 Å². The summed E-state index contributed by atoms with van der Waals surface area (Å²) in [6.07, 6.45) is 6.85. The first-order valence-corrected chi connectivity index (χ1v) is 9.46. The van der Waals surface area contributed by atoms with Gasteiger partial charge in [-0.3, -0.25) is 0 Å². The molecule has 0 aliphatic heterocycles. The topological polar surface area (TPSA) is 80.8 Å². The number of hydrogen-bond donors (Lipinski definition) is 1. The molecule has 2 atom stereocenters. The Bertz CT molecular complexity index is 794. The lowest BCUT2D eigenvalue weighted by Crippen LogP contribution is -2.44. The Morgan fingerprint density at radius 1 is 1.04 bits per heavy atom. The lowest BCUT2D eigenvalue weighted by Gasteiger charge is -2.35. The van der Waals surface area contributed by atoms with E-state index in [-0.39, 0.29) is 5.95 Å². The standard InChI is InChI=1S/C20H26N6/c1-4-16-6-5-7-17(22-16)18-23-19(21)25-20(24-18)26(12(2)14-8-9-14)13(3)15-10-11-15/h4-7,12-15H,1,8-11H2,2-3H3,(H2,21,23,24,25)/t12-,13-/m1/s1. The van der Waals surface area contributed by atoms with Crippen molar-refractivity contribution in [3.05, 3.63) is 30.5 Å². The summed E-state index contributed by atoms with van der Waals surface area (Å²) in [5.74, 6) is 2.89. The molecule has 2 N–H and O–H groups in total. The first kappa shape index (κ1) is 16.9. The van der Waals surface area contributed by atoms with Crippen LogP contribution < -0.4 is 10.6 Å². The maximum Gasteiger partial charge on any atom is 0.231 e. The highest BCUT2D eigenvalue weighted by Gasteiger charge is 2.40. The molecule has 0 aromatic carbocycles. The Morgan fingerprint density at radius 3 is 2.27 bits per heavy atom. The number of aromatic nitrogens is 4. The van der Waals surface area contributed by atoms with E-state index < -0.39 is 0 Å². The van der Waals surface area contributed by atoms with Crippen LogP contribution in [0.2, 0.25) is 0 Å². The van der Waals surface area contributed by atoms with Crippen LogP contribution in [-0.2, 0) is 0 Å². The molecule has 2 heterocycles. The Morgan fingerprint density at radius 2 is 1.69 bits per heavy atom. The zero-order valence-corrected chi connectivity index (χ0v) is 15.5.